The van der Waals surface area contributed by atoms with Crippen molar-refractivity contribution < 1.29 is 9.53 Å². The maximum absolute atomic E-state index is 13.3. The average molecular weight is 347 g/mol. The first kappa shape index (κ1) is 19.9. The van der Waals surface area contributed by atoms with Crippen LogP contribution in [0.4, 0.5) is 0 Å². The number of nitrogens with two attached hydrogens (primary N) is 1. The van der Waals surface area contributed by atoms with Crippen LogP contribution in [0.5, 0.6) is 0 Å². The van der Waals surface area contributed by atoms with Gasteiger partial charge in [-0.15, -0.1) is 0 Å². The molecule has 140 valence electrons. The maximum atomic E-state index is 13.3. The number of rotatable bonds is 9. The Bertz CT molecular complexity index is 514. The SMILES string of the molecule is C=C/C=C(\C=C(/C)C(CC)CCN)C(=O)N(C1CCOCC1)C1CC1. The van der Waals surface area contributed by atoms with E-state index in [2.05, 4.69) is 31.4 Å². The van der Waals surface area contributed by atoms with E-state index in [0.29, 0.717) is 24.5 Å². The molecule has 1 aliphatic heterocycles. The molecule has 2 N–H and O–H groups in total. The molecule has 1 saturated heterocycles. The molecule has 0 aromatic heterocycles. The van der Waals surface area contributed by atoms with Gasteiger partial charge in [0.25, 0.3) is 5.91 Å². The zero-order valence-corrected chi connectivity index (χ0v) is 15.9. The number of carbonyl (C=O) groups is 1. The summed E-state index contributed by atoms with van der Waals surface area (Å²) in [5.74, 6) is 0.583. The minimum Gasteiger partial charge on any atom is -0.381 e. The van der Waals surface area contributed by atoms with Crippen molar-refractivity contribution in [2.24, 2.45) is 11.7 Å². The summed E-state index contributed by atoms with van der Waals surface area (Å²) in [6.45, 7) is 10.3. The maximum Gasteiger partial charge on any atom is 0.254 e. The van der Waals surface area contributed by atoms with E-state index in [0.717, 1.165) is 57.3 Å². The highest BCUT2D eigenvalue weighted by Crippen LogP contribution is 2.33. The number of nitrogens with zero attached hydrogens (tertiary/aromatic N) is 1. The van der Waals surface area contributed by atoms with Crippen LogP contribution >= 0.6 is 0 Å². The zero-order chi connectivity index (χ0) is 18.2. The Kier molecular flexibility index (Phi) is 7.91. The van der Waals surface area contributed by atoms with Crippen LogP contribution in [0.1, 0.15) is 52.4 Å². The minimum absolute atomic E-state index is 0.149. The Morgan fingerprint density at radius 2 is 1.92 bits per heavy atom. The van der Waals surface area contributed by atoms with Crippen LogP contribution in [-0.2, 0) is 9.53 Å². The highest BCUT2D eigenvalue weighted by molar-refractivity contribution is 5.97. The predicted molar refractivity (Wildman–Crippen MR) is 103 cm³/mol. The first-order valence-corrected chi connectivity index (χ1v) is 9.73. The summed E-state index contributed by atoms with van der Waals surface area (Å²) >= 11 is 0. The molecule has 1 heterocycles. The molecule has 25 heavy (non-hydrogen) atoms. The van der Waals surface area contributed by atoms with Crippen LogP contribution in [0.3, 0.4) is 0 Å². The molecule has 2 rings (SSSR count). The fraction of sp³-hybridized carbons (Fsp3) is 0.667. The molecule has 1 amide bonds. The fourth-order valence-corrected chi connectivity index (χ4v) is 3.72. The molecule has 1 saturated carbocycles. The van der Waals surface area contributed by atoms with Gasteiger partial charge in [0.05, 0.1) is 0 Å². The molecular weight excluding hydrogens is 312 g/mol. The normalized spacial score (nSPS) is 21.1. The van der Waals surface area contributed by atoms with Crippen molar-refractivity contribution in [3.8, 4) is 0 Å². The second-order valence-corrected chi connectivity index (χ2v) is 7.22. The zero-order valence-electron chi connectivity index (χ0n) is 15.9. The summed E-state index contributed by atoms with van der Waals surface area (Å²) in [4.78, 5) is 15.4. The van der Waals surface area contributed by atoms with Gasteiger partial charge in [-0.25, -0.2) is 0 Å². The monoisotopic (exact) mass is 346 g/mol. The van der Waals surface area contributed by atoms with Crippen LogP contribution in [0.15, 0.2) is 36.0 Å². The van der Waals surface area contributed by atoms with Crippen molar-refractivity contribution in [3.63, 3.8) is 0 Å². The molecule has 4 heteroatoms. The fourth-order valence-electron chi connectivity index (χ4n) is 3.72. The summed E-state index contributed by atoms with van der Waals surface area (Å²) in [6.07, 6.45) is 11.8. The Morgan fingerprint density at radius 1 is 1.28 bits per heavy atom. The first-order chi connectivity index (χ1) is 12.1. The second kappa shape index (κ2) is 9.93. The highest BCUT2D eigenvalue weighted by atomic mass is 16.5. The summed E-state index contributed by atoms with van der Waals surface area (Å²) in [6, 6.07) is 0.713. The van der Waals surface area contributed by atoms with E-state index < -0.39 is 0 Å². The number of carbonyl (C=O) groups excluding carboxylic acids is 1. The number of ether oxygens (including phenoxy) is 1. The van der Waals surface area contributed by atoms with E-state index in [1.165, 1.54) is 5.57 Å². The van der Waals surface area contributed by atoms with Gasteiger partial charge >= 0.3 is 0 Å². The van der Waals surface area contributed by atoms with Gasteiger partial charge < -0.3 is 15.4 Å². The van der Waals surface area contributed by atoms with E-state index in [1.54, 1.807) is 6.08 Å². The topological polar surface area (TPSA) is 55.6 Å². The largest absolute Gasteiger partial charge is 0.381 e. The van der Waals surface area contributed by atoms with Crippen LogP contribution in [-0.4, -0.2) is 42.6 Å². The molecule has 1 aliphatic carbocycles. The van der Waals surface area contributed by atoms with Gasteiger partial charge in [0.2, 0.25) is 0 Å². The summed E-state index contributed by atoms with van der Waals surface area (Å²) < 4.78 is 5.48. The second-order valence-electron chi connectivity index (χ2n) is 7.22. The molecule has 0 aromatic rings. The lowest BCUT2D eigenvalue weighted by atomic mass is 9.92. The van der Waals surface area contributed by atoms with Crippen molar-refractivity contribution in [2.75, 3.05) is 19.8 Å². The Hall–Kier alpha value is -1.39. The van der Waals surface area contributed by atoms with Crippen LogP contribution in [0.25, 0.3) is 0 Å². The summed E-state index contributed by atoms with van der Waals surface area (Å²) in [7, 11) is 0. The molecular formula is C21H34N2O2. The lowest BCUT2D eigenvalue weighted by Crippen LogP contribution is -2.45. The number of allylic oxidation sites excluding steroid dienone is 3. The smallest absolute Gasteiger partial charge is 0.254 e. The van der Waals surface area contributed by atoms with Gasteiger partial charge in [-0.2, -0.15) is 0 Å². The Balaban J connectivity index is 2.20. The summed E-state index contributed by atoms with van der Waals surface area (Å²) in [5, 5.41) is 0. The van der Waals surface area contributed by atoms with E-state index in [-0.39, 0.29) is 5.91 Å². The van der Waals surface area contributed by atoms with Crippen LogP contribution in [0, 0.1) is 5.92 Å². The number of hydrogen-bond donors (Lipinski definition) is 1. The van der Waals surface area contributed by atoms with Gasteiger partial charge in [0, 0.05) is 30.9 Å². The van der Waals surface area contributed by atoms with Gasteiger partial charge in [-0.05, 0) is 57.9 Å². The van der Waals surface area contributed by atoms with Crippen molar-refractivity contribution in [3.05, 3.63) is 36.0 Å². The average Bonchev–Trinajstić information content (AvgIpc) is 3.45. The standard InChI is InChI=1S/C21H34N2O2/c1-4-6-18(15-16(3)17(5-2)9-12-22)21(24)23(19-7-8-19)20-10-13-25-14-11-20/h4,6,15,17,19-20H,1,5,7-14,22H2,2-3H3/b16-15+,18-6+. The lowest BCUT2D eigenvalue weighted by molar-refractivity contribution is -0.131. The molecule has 1 unspecified atom stereocenters. The van der Waals surface area contributed by atoms with Crippen molar-refractivity contribution >= 4 is 5.91 Å². The molecule has 2 fully saturated rings. The van der Waals surface area contributed by atoms with Crippen molar-refractivity contribution in [1.82, 2.24) is 4.90 Å². The van der Waals surface area contributed by atoms with E-state index >= 15 is 0 Å². The molecule has 0 spiro atoms. The molecule has 2 aliphatic rings. The Labute approximate surface area is 152 Å². The third kappa shape index (κ3) is 5.55. The van der Waals surface area contributed by atoms with Gasteiger partial charge in [0.1, 0.15) is 0 Å². The van der Waals surface area contributed by atoms with Gasteiger partial charge in [-0.1, -0.05) is 37.3 Å². The van der Waals surface area contributed by atoms with Crippen LogP contribution in [0.2, 0.25) is 0 Å². The Morgan fingerprint density at radius 3 is 2.44 bits per heavy atom. The van der Waals surface area contributed by atoms with E-state index in [1.807, 2.05) is 6.08 Å². The first-order valence-electron chi connectivity index (χ1n) is 9.73. The van der Waals surface area contributed by atoms with Crippen molar-refractivity contribution in [2.45, 2.75) is 64.5 Å². The third-order valence-electron chi connectivity index (χ3n) is 5.34. The van der Waals surface area contributed by atoms with Gasteiger partial charge in [-0.3, -0.25) is 4.79 Å². The molecule has 0 bridgehead atoms. The highest BCUT2D eigenvalue weighted by Gasteiger charge is 2.38. The quantitative estimate of drug-likeness (QED) is 0.513. The van der Waals surface area contributed by atoms with Crippen molar-refractivity contribution in [1.29, 1.82) is 0 Å². The molecule has 4 nitrogen and oxygen atoms in total. The molecule has 0 radical (unpaired) electrons. The lowest BCUT2D eigenvalue weighted by Gasteiger charge is -2.35. The van der Waals surface area contributed by atoms with E-state index in [9.17, 15) is 4.79 Å². The van der Waals surface area contributed by atoms with E-state index in [4.69, 9.17) is 10.5 Å². The predicted octanol–water partition coefficient (Wildman–Crippen LogP) is 3.59. The van der Waals surface area contributed by atoms with Gasteiger partial charge in [0.15, 0.2) is 0 Å². The third-order valence-corrected chi connectivity index (χ3v) is 5.34. The minimum atomic E-state index is 0.149. The summed E-state index contributed by atoms with van der Waals surface area (Å²) in [5.41, 5.74) is 7.73. The number of amides is 1. The molecule has 1 atom stereocenters. The molecule has 0 aromatic carbocycles. The number of hydrogen-bond acceptors (Lipinski definition) is 3. The van der Waals surface area contributed by atoms with Crippen LogP contribution < -0.4 is 5.73 Å².